The lowest BCUT2D eigenvalue weighted by Gasteiger charge is -2.20. The van der Waals surface area contributed by atoms with Crippen molar-refractivity contribution in [3.63, 3.8) is 0 Å². The van der Waals surface area contributed by atoms with E-state index in [1.54, 1.807) is 14.2 Å². The number of ether oxygens (including phenoxy) is 2. The molecule has 2 bridgehead atoms. The number of rotatable bonds is 4. The Kier molecular flexibility index (Phi) is 3.21. The Morgan fingerprint density at radius 2 is 1.89 bits per heavy atom. The molecule has 3 unspecified atom stereocenters. The van der Waals surface area contributed by atoms with E-state index in [1.807, 2.05) is 18.2 Å². The highest BCUT2D eigenvalue weighted by Crippen LogP contribution is 2.49. The van der Waals surface area contributed by atoms with Crippen LogP contribution in [0.15, 0.2) is 18.2 Å². The molecule has 0 saturated heterocycles. The van der Waals surface area contributed by atoms with Gasteiger partial charge in [-0.05, 0) is 49.3 Å². The minimum absolute atomic E-state index is 0.233. The van der Waals surface area contributed by atoms with Crippen molar-refractivity contribution in [1.82, 2.24) is 0 Å². The number of carbonyl (C=O) groups excluding carboxylic acids is 1. The van der Waals surface area contributed by atoms with Gasteiger partial charge in [0.25, 0.3) is 0 Å². The van der Waals surface area contributed by atoms with Crippen molar-refractivity contribution >= 4 is 5.78 Å². The Labute approximate surface area is 113 Å². The standard InChI is InChI=1S/C16H20O3/c1-18-14-6-5-12(9-15(14)19-2)16(17)13-8-10-3-4-11(13)7-10/h5-6,9-11,13H,3-4,7-8H2,1-2H3. The smallest absolute Gasteiger partial charge is 0.166 e. The van der Waals surface area contributed by atoms with Gasteiger partial charge >= 0.3 is 0 Å². The highest BCUT2D eigenvalue weighted by atomic mass is 16.5. The van der Waals surface area contributed by atoms with Crippen LogP contribution in [0.5, 0.6) is 11.5 Å². The second kappa shape index (κ2) is 4.87. The monoisotopic (exact) mass is 260 g/mol. The molecule has 102 valence electrons. The van der Waals surface area contributed by atoms with Gasteiger partial charge in [-0.1, -0.05) is 6.42 Å². The number of hydrogen-bond donors (Lipinski definition) is 0. The van der Waals surface area contributed by atoms with Crippen molar-refractivity contribution in [2.45, 2.75) is 25.7 Å². The third-order valence-electron chi connectivity index (χ3n) is 4.74. The Balaban J connectivity index is 1.84. The fourth-order valence-electron chi connectivity index (χ4n) is 3.77. The number of methoxy groups -OCH3 is 2. The molecule has 1 aromatic rings. The maximum absolute atomic E-state index is 12.6. The van der Waals surface area contributed by atoms with Crippen LogP contribution >= 0.6 is 0 Å². The number of Topliss-reactive ketones (excluding diaryl/α,β-unsaturated/α-hetero) is 1. The molecule has 3 heteroatoms. The minimum atomic E-state index is 0.233. The third kappa shape index (κ3) is 2.11. The number of carbonyl (C=O) groups is 1. The molecule has 2 fully saturated rings. The van der Waals surface area contributed by atoms with Gasteiger partial charge in [0.15, 0.2) is 17.3 Å². The normalized spacial score (nSPS) is 28.4. The van der Waals surface area contributed by atoms with Crippen molar-refractivity contribution in [2.24, 2.45) is 17.8 Å². The molecule has 3 nitrogen and oxygen atoms in total. The lowest BCUT2D eigenvalue weighted by Crippen LogP contribution is -2.21. The van der Waals surface area contributed by atoms with E-state index in [1.165, 1.54) is 19.3 Å². The molecule has 3 rings (SSSR count). The summed E-state index contributed by atoms with van der Waals surface area (Å²) in [6, 6.07) is 5.49. The van der Waals surface area contributed by atoms with E-state index in [-0.39, 0.29) is 11.7 Å². The molecule has 0 heterocycles. The second-order valence-corrected chi connectivity index (χ2v) is 5.72. The van der Waals surface area contributed by atoms with Crippen LogP contribution in [0.2, 0.25) is 0 Å². The molecular weight excluding hydrogens is 240 g/mol. The first-order chi connectivity index (χ1) is 9.22. The van der Waals surface area contributed by atoms with Gasteiger partial charge in [-0.15, -0.1) is 0 Å². The first kappa shape index (κ1) is 12.5. The Bertz CT molecular complexity index is 495. The molecule has 3 atom stereocenters. The zero-order chi connectivity index (χ0) is 13.4. The molecule has 2 aliphatic rings. The Morgan fingerprint density at radius 3 is 2.47 bits per heavy atom. The summed E-state index contributed by atoms with van der Waals surface area (Å²) in [5.41, 5.74) is 0.759. The van der Waals surface area contributed by atoms with Gasteiger partial charge in [0.1, 0.15) is 0 Å². The number of hydrogen-bond acceptors (Lipinski definition) is 3. The summed E-state index contributed by atoms with van der Waals surface area (Å²) in [6.45, 7) is 0. The average molecular weight is 260 g/mol. The van der Waals surface area contributed by atoms with Gasteiger partial charge in [-0.2, -0.15) is 0 Å². The molecule has 19 heavy (non-hydrogen) atoms. The van der Waals surface area contributed by atoms with E-state index >= 15 is 0 Å². The molecule has 0 amide bonds. The van der Waals surface area contributed by atoms with Crippen LogP contribution in [-0.2, 0) is 0 Å². The quantitative estimate of drug-likeness (QED) is 0.779. The van der Waals surface area contributed by atoms with E-state index in [4.69, 9.17) is 9.47 Å². The maximum atomic E-state index is 12.6. The SMILES string of the molecule is COc1ccc(C(=O)C2CC3CCC2C3)cc1OC. The number of fused-ring (bicyclic) bond motifs is 2. The first-order valence-corrected chi connectivity index (χ1v) is 6.99. The molecule has 0 aliphatic heterocycles. The topological polar surface area (TPSA) is 35.5 Å². The highest BCUT2D eigenvalue weighted by molar-refractivity contribution is 5.98. The maximum Gasteiger partial charge on any atom is 0.166 e. The van der Waals surface area contributed by atoms with Crippen LogP contribution in [0, 0.1) is 17.8 Å². The van der Waals surface area contributed by atoms with Crippen molar-refractivity contribution in [2.75, 3.05) is 14.2 Å². The number of benzene rings is 1. The zero-order valence-corrected chi connectivity index (χ0v) is 11.5. The molecular formula is C16H20O3. The van der Waals surface area contributed by atoms with Crippen LogP contribution in [0.3, 0.4) is 0 Å². The predicted molar refractivity (Wildman–Crippen MR) is 72.8 cm³/mol. The van der Waals surface area contributed by atoms with Crippen molar-refractivity contribution in [3.05, 3.63) is 23.8 Å². The fourth-order valence-corrected chi connectivity index (χ4v) is 3.77. The van der Waals surface area contributed by atoms with Crippen LogP contribution < -0.4 is 9.47 Å². The van der Waals surface area contributed by atoms with E-state index < -0.39 is 0 Å². The molecule has 0 radical (unpaired) electrons. The van der Waals surface area contributed by atoms with E-state index in [9.17, 15) is 4.79 Å². The van der Waals surface area contributed by atoms with Gasteiger partial charge in [0.2, 0.25) is 0 Å². The largest absolute Gasteiger partial charge is 0.493 e. The molecule has 0 aromatic heterocycles. The molecule has 0 N–H and O–H groups in total. The Morgan fingerprint density at radius 1 is 1.11 bits per heavy atom. The van der Waals surface area contributed by atoms with Crippen molar-refractivity contribution in [1.29, 1.82) is 0 Å². The van der Waals surface area contributed by atoms with E-state index in [2.05, 4.69) is 0 Å². The lowest BCUT2D eigenvalue weighted by atomic mass is 9.83. The highest BCUT2D eigenvalue weighted by Gasteiger charge is 2.43. The summed E-state index contributed by atoms with van der Waals surface area (Å²) in [6.07, 6.45) is 4.89. The minimum Gasteiger partial charge on any atom is -0.493 e. The van der Waals surface area contributed by atoms with E-state index in [0.717, 1.165) is 17.9 Å². The third-order valence-corrected chi connectivity index (χ3v) is 4.74. The second-order valence-electron chi connectivity index (χ2n) is 5.72. The van der Waals surface area contributed by atoms with Crippen LogP contribution in [-0.4, -0.2) is 20.0 Å². The summed E-state index contributed by atoms with van der Waals surface area (Å²) >= 11 is 0. The first-order valence-electron chi connectivity index (χ1n) is 6.99. The molecule has 2 saturated carbocycles. The number of ketones is 1. The molecule has 0 spiro atoms. The summed E-state index contributed by atoms with van der Waals surface area (Å²) < 4.78 is 10.5. The summed E-state index contributed by atoms with van der Waals surface area (Å²) in [5, 5.41) is 0. The predicted octanol–water partition coefficient (Wildman–Crippen LogP) is 3.32. The van der Waals surface area contributed by atoms with Gasteiger partial charge in [0, 0.05) is 11.5 Å². The fraction of sp³-hybridized carbons (Fsp3) is 0.562. The van der Waals surface area contributed by atoms with Gasteiger partial charge < -0.3 is 9.47 Å². The average Bonchev–Trinajstić information content (AvgIpc) is 3.08. The molecule has 1 aromatic carbocycles. The van der Waals surface area contributed by atoms with E-state index in [0.29, 0.717) is 17.4 Å². The van der Waals surface area contributed by atoms with Gasteiger partial charge in [-0.25, -0.2) is 0 Å². The van der Waals surface area contributed by atoms with Crippen molar-refractivity contribution < 1.29 is 14.3 Å². The van der Waals surface area contributed by atoms with Crippen LogP contribution in [0.25, 0.3) is 0 Å². The molecule has 2 aliphatic carbocycles. The van der Waals surface area contributed by atoms with Crippen LogP contribution in [0.4, 0.5) is 0 Å². The van der Waals surface area contributed by atoms with Crippen molar-refractivity contribution in [3.8, 4) is 11.5 Å². The summed E-state index contributed by atoms with van der Waals surface area (Å²) in [4.78, 5) is 12.6. The van der Waals surface area contributed by atoms with Gasteiger partial charge in [-0.3, -0.25) is 4.79 Å². The zero-order valence-electron chi connectivity index (χ0n) is 11.5. The summed E-state index contributed by atoms with van der Waals surface area (Å²) in [7, 11) is 3.21. The van der Waals surface area contributed by atoms with Crippen LogP contribution in [0.1, 0.15) is 36.0 Å². The lowest BCUT2D eigenvalue weighted by molar-refractivity contribution is 0.0874. The summed E-state index contributed by atoms with van der Waals surface area (Å²) in [5.74, 6) is 3.23. The van der Waals surface area contributed by atoms with Gasteiger partial charge in [0.05, 0.1) is 14.2 Å². The Hall–Kier alpha value is -1.51.